The van der Waals surface area contributed by atoms with Crippen LogP contribution in [0.25, 0.3) is 0 Å². The first kappa shape index (κ1) is 21.0. The third kappa shape index (κ3) is 4.91. The molecule has 0 aliphatic carbocycles. The molecule has 28 heavy (non-hydrogen) atoms. The number of hydrogen-bond donors (Lipinski definition) is 4. The summed E-state index contributed by atoms with van der Waals surface area (Å²) in [6.45, 7) is 0.106. The molecular weight excluding hydrogens is 380 g/mol. The molecule has 2 rings (SSSR count). The van der Waals surface area contributed by atoms with Crippen molar-refractivity contribution in [3.8, 4) is 0 Å². The summed E-state index contributed by atoms with van der Waals surface area (Å²) in [7, 11) is 1.27. The van der Waals surface area contributed by atoms with Crippen molar-refractivity contribution in [2.24, 2.45) is 5.73 Å². The lowest BCUT2D eigenvalue weighted by Crippen LogP contribution is -2.53. The predicted octanol–water partition coefficient (Wildman–Crippen LogP) is -0.291. The lowest BCUT2D eigenvalue weighted by molar-refractivity contribution is -0.128. The monoisotopic (exact) mass is 399 g/mol. The Balaban J connectivity index is 2.25. The van der Waals surface area contributed by atoms with E-state index in [-0.39, 0.29) is 31.1 Å². The Kier molecular flexibility index (Phi) is 6.82. The smallest absolute Gasteiger partial charge is 0.315 e. The summed E-state index contributed by atoms with van der Waals surface area (Å²) in [4.78, 5) is 48.0. The number of amides is 5. The van der Waals surface area contributed by atoms with Crippen LogP contribution in [0, 0.1) is 0 Å². The average molecular weight is 399 g/mol. The van der Waals surface area contributed by atoms with Crippen molar-refractivity contribution in [1.29, 1.82) is 0 Å². The van der Waals surface area contributed by atoms with Crippen molar-refractivity contribution in [3.05, 3.63) is 23.8 Å². The quantitative estimate of drug-likeness (QED) is 0.486. The Morgan fingerprint density at radius 3 is 2.57 bits per heavy atom. The second-order valence-electron chi connectivity index (χ2n) is 5.72. The van der Waals surface area contributed by atoms with Gasteiger partial charge in [-0.15, -0.1) is 0 Å². The maximum atomic E-state index is 13.5. The number of primary amides is 1. The van der Waals surface area contributed by atoms with Gasteiger partial charge in [-0.3, -0.25) is 14.4 Å². The highest BCUT2D eigenvalue weighted by Crippen LogP contribution is 2.33. The van der Waals surface area contributed by atoms with Gasteiger partial charge in [0.2, 0.25) is 5.91 Å². The molecule has 1 fully saturated rings. The topological polar surface area (TPSA) is 143 Å². The zero-order valence-corrected chi connectivity index (χ0v) is 14.8. The first-order chi connectivity index (χ1) is 13.2. The number of nitrogens with two attached hydrogens (primary N) is 1. The molecule has 0 bridgehead atoms. The van der Waals surface area contributed by atoms with Crippen LogP contribution in [0.5, 0.6) is 0 Å². The second-order valence-corrected chi connectivity index (χ2v) is 5.72. The maximum Gasteiger partial charge on any atom is 0.315 e. The number of morpholine rings is 1. The number of benzene rings is 1. The molecule has 1 heterocycles. The zero-order chi connectivity index (χ0) is 20.8. The molecule has 1 atom stereocenters. The summed E-state index contributed by atoms with van der Waals surface area (Å²) in [5.74, 6) is -2.61. The Hall–Kier alpha value is -3.28. The maximum absolute atomic E-state index is 13.5. The average Bonchev–Trinajstić information content (AvgIpc) is 2.66. The fourth-order valence-corrected chi connectivity index (χ4v) is 2.51. The van der Waals surface area contributed by atoms with E-state index in [0.29, 0.717) is 0 Å². The van der Waals surface area contributed by atoms with Gasteiger partial charge in [0.05, 0.1) is 12.3 Å². The number of urea groups is 1. The summed E-state index contributed by atoms with van der Waals surface area (Å²) in [5, 5.41) is 6.44. The second kappa shape index (κ2) is 9.08. The number of hydrogen-bond acceptors (Lipinski definition) is 5. The molecule has 12 heteroatoms. The fraction of sp³-hybridized carbons (Fsp3) is 0.375. The number of nitrogens with one attached hydrogen (secondary N) is 3. The Morgan fingerprint density at radius 2 is 2.00 bits per heavy atom. The van der Waals surface area contributed by atoms with Crippen LogP contribution in [0.3, 0.4) is 0 Å². The van der Waals surface area contributed by atoms with Gasteiger partial charge in [0, 0.05) is 24.8 Å². The minimum Gasteiger partial charge on any atom is -0.370 e. The molecule has 0 saturated carbocycles. The highest BCUT2D eigenvalue weighted by atomic mass is 19.3. The van der Waals surface area contributed by atoms with E-state index in [2.05, 4.69) is 10.6 Å². The van der Waals surface area contributed by atoms with Crippen LogP contribution in [0.15, 0.2) is 18.2 Å². The molecule has 10 nitrogen and oxygen atoms in total. The van der Waals surface area contributed by atoms with Crippen LogP contribution in [0.1, 0.15) is 12.0 Å². The van der Waals surface area contributed by atoms with Crippen molar-refractivity contribution in [2.75, 3.05) is 37.0 Å². The summed E-state index contributed by atoms with van der Waals surface area (Å²) in [6, 6.07) is 0.994. The molecule has 1 aliphatic heterocycles. The third-order valence-electron chi connectivity index (χ3n) is 3.86. The minimum absolute atomic E-state index is 0.00349. The number of alkyl halides is 2. The zero-order valence-electron chi connectivity index (χ0n) is 14.8. The predicted molar refractivity (Wildman–Crippen MR) is 93.8 cm³/mol. The highest BCUT2D eigenvalue weighted by Gasteiger charge is 2.28. The molecular formula is C16H19F2N5O5. The van der Waals surface area contributed by atoms with E-state index >= 15 is 0 Å². The Labute approximate surface area is 158 Å². The van der Waals surface area contributed by atoms with E-state index in [0.717, 1.165) is 6.07 Å². The molecule has 0 unspecified atom stereocenters. The molecule has 0 spiro atoms. The number of rotatable bonds is 6. The van der Waals surface area contributed by atoms with Gasteiger partial charge in [-0.2, -0.15) is 0 Å². The minimum atomic E-state index is -2.93. The van der Waals surface area contributed by atoms with E-state index in [1.807, 2.05) is 5.32 Å². The third-order valence-corrected chi connectivity index (χ3v) is 3.86. The van der Waals surface area contributed by atoms with Crippen LogP contribution in [-0.2, 0) is 19.1 Å². The summed E-state index contributed by atoms with van der Waals surface area (Å²) in [6.07, 6.45) is -2.93. The standard InChI is InChI=1S/C16H19F2N5O5/c1-20-16(27)22-12(14(19)25)15(26)21-8-2-3-10(9(6-8)13(17)18)23-4-5-28-7-11(23)24/h2-3,6,12-13H,4-5,7H2,1H3,(H2,19,25)(H,21,26)(H2,20,22,27)/t12-/m1/s1. The van der Waals surface area contributed by atoms with Gasteiger partial charge in [0.1, 0.15) is 6.61 Å². The van der Waals surface area contributed by atoms with E-state index < -0.39 is 41.8 Å². The van der Waals surface area contributed by atoms with Crippen LogP contribution < -0.4 is 26.6 Å². The van der Waals surface area contributed by atoms with Crippen LogP contribution in [0.4, 0.5) is 25.0 Å². The Morgan fingerprint density at radius 1 is 1.29 bits per heavy atom. The number of nitrogens with zero attached hydrogens (tertiary/aromatic N) is 1. The number of carbonyl (C=O) groups excluding carboxylic acids is 4. The van der Waals surface area contributed by atoms with Crippen LogP contribution >= 0.6 is 0 Å². The van der Waals surface area contributed by atoms with E-state index in [1.165, 1.54) is 24.1 Å². The number of carbonyl (C=O) groups is 4. The molecule has 0 aromatic heterocycles. The van der Waals surface area contributed by atoms with Crippen LogP contribution in [0.2, 0.25) is 0 Å². The summed E-state index contributed by atoms with van der Waals surface area (Å²) < 4.78 is 32.0. The normalized spacial score (nSPS) is 15.1. The van der Waals surface area contributed by atoms with Gasteiger partial charge in [0.25, 0.3) is 18.2 Å². The molecule has 1 aromatic carbocycles. The number of halogens is 2. The molecule has 152 valence electrons. The fourth-order valence-electron chi connectivity index (χ4n) is 2.51. The molecule has 1 aliphatic rings. The first-order valence-electron chi connectivity index (χ1n) is 8.13. The van der Waals surface area contributed by atoms with Gasteiger partial charge in [-0.25, -0.2) is 13.6 Å². The highest BCUT2D eigenvalue weighted by molar-refractivity contribution is 6.11. The van der Waals surface area contributed by atoms with Gasteiger partial charge >= 0.3 is 6.03 Å². The summed E-state index contributed by atoms with van der Waals surface area (Å²) >= 11 is 0. The van der Waals surface area contributed by atoms with Crippen molar-refractivity contribution in [3.63, 3.8) is 0 Å². The SMILES string of the molecule is CNC(=O)N[C@H](C(N)=O)C(=O)Nc1ccc(N2CCOCC2=O)c(C(F)F)c1. The van der Waals surface area contributed by atoms with E-state index in [4.69, 9.17) is 10.5 Å². The number of ether oxygens (including phenoxy) is 1. The molecule has 5 N–H and O–H groups in total. The lowest BCUT2D eigenvalue weighted by atomic mass is 10.1. The van der Waals surface area contributed by atoms with Crippen molar-refractivity contribution >= 4 is 35.1 Å². The molecule has 0 radical (unpaired) electrons. The van der Waals surface area contributed by atoms with Gasteiger partial charge in [0.15, 0.2) is 6.04 Å². The van der Waals surface area contributed by atoms with Crippen LogP contribution in [-0.4, -0.2) is 56.6 Å². The van der Waals surface area contributed by atoms with Gasteiger partial charge in [-0.1, -0.05) is 0 Å². The largest absolute Gasteiger partial charge is 0.370 e. The van der Waals surface area contributed by atoms with Crippen molar-refractivity contribution in [2.45, 2.75) is 12.5 Å². The lowest BCUT2D eigenvalue weighted by Gasteiger charge is -2.29. The molecule has 1 saturated heterocycles. The van der Waals surface area contributed by atoms with Crippen molar-refractivity contribution in [1.82, 2.24) is 10.6 Å². The van der Waals surface area contributed by atoms with E-state index in [9.17, 15) is 28.0 Å². The van der Waals surface area contributed by atoms with Gasteiger partial charge in [-0.05, 0) is 18.2 Å². The van der Waals surface area contributed by atoms with E-state index in [1.54, 1.807) is 0 Å². The summed E-state index contributed by atoms with van der Waals surface area (Å²) in [5.41, 5.74) is 4.54. The molecule has 5 amide bonds. The van der Waals surface area contributed by atoms with Crippen molar-refractivity contribution < 1.29 is 32.7 Å². The molecule has 1 aromatic rings. The number of anilines is 2. The first-order valence-corrected chi connectivity index (χ1v) is 8.13. The van der Waals surface area contributed by atoms with Gasteiger partial charge < -0.3 is 31.3 Å². The Bertz CT molecular complexity index is 789.